The van der Waals surface area contributed by atoms with E-state index in [2.05, 4.69) is 22.5 Å². The van der Waals surface area contributed by atoms with Gasteiger partial charge in [0.2, 0.25) is 11.8 Å². The van der Waals surface area contributed by atoms with Crippen molar-refractivity contribution in [3.8, 4) is 0 Å². The van der Waals surface area contributed by atoms with Crippen LogP contribution in [0.15, 0.2) is 12.7 Å². The molecule has 0 aromatic carbocycles. The van der Waals surface area contributed by atoms with Crippen molar-refractivity contribution >= 4 is 45.5 Å². The van der Waals surface area contributed by atoms with Crippen LogP contribution < -0.4 is 0 Å². The molecule has 0 radical (unpaired) electrons. The molecule has 35 heavy (non-hydrogen) atoms. The molecular weight excluding hydrogens is 532 g/mol. The summed E-state index contributed by atoms with van der Waals surface area (Å²) in [7, 11) is 0. The van der Waals surface area contributed by atoms with Crippen LogP contribution in [-0.4, -0.2) is 85.4 Å². The SMILES string of the molecule is C=CCN(C(=O)C1N([C@@H](CO)C(C)C)C(=O)[C@@H]2[C@H](C(=O)OCC)[C@H]3SC12CC3Br)C1CCCCC1. The van der Waals surface area contributed by atoms with Crippen LogP contribution in [0.5, 0.6) is 0 Å². The number of likely N-dealkylation sites (tertiary alicyclic amines) is 1. The number of halogens is 1. The Labute approximate surface area is 221 Å². The van der Waals surface area contributed by atoms with Gasteiger partial charge < -0.3 is 19.6 Å². The molecule has 0 aromatic rings. The second kappa shape index (κ2) is 10.7. The first kappa shape index (κ1) is 27.0. The van der Waals surface area contributed by atoms with Crippen molar-refractivity contribution in [1.29, 1.82) is 0 Å². The van der Waals surface area contributed by atoms with Crippen molar-refractivity contribution in [2.24, 2.45) is 17.8 Å². The molecule has 4 fully saturated rings. The van der Waals surface area contributed by atoms with E-state index in [1.807, 2.05) is 18.7 Å². The largest absolute Gasteiger partial charge is 0.466 e. The fourth-order valence-electron chi connectivity index (χ4n) is 6.94. The van der Waals surface area contributed by atoms with Crippen LogP contribution in [0.4, 0.5) is 0 Å². The lowest BCUT2D eigenvalue weighted by Crippen LogP contribution is -2.60. The molecule has 4 aliphatic rings. The molecule has 3 saturated heterocycles. The Bertz CT molecular complexity index is 850. The lowest BCUT2D eigenvalue weighted by Gasteiger charge is -2.43. The van der Waals surface area contributed by atoms with Gasteiger partial charge >= 0.3 is 5.97 Å². The molecule has 1 spiro atoms. The smallest absolute Gasteiger partial charge is 0.310 e. The van der Waals surface area contributed by atoms with Crippen molar-refractivity contribution in [3.05, 3.63) is 12.7 Å². The van der Waals surface area contributed by atoms with Crippen molar-refractivity contribution in [1.82, 2.24) is 9.80 Å². The zero-order valence-corrected chi connectivity index (χ0v) is 23.4. The average Bonchev–Trinajstić information content (AvgIpc) is 3.42. The summed E-state index contributed by atoms with van der Waals surface area (Å²) in [6, 6.07) is -1.10. The fourth-order valence-corrected chi connectivity index (χ4v) is 10.5. The first-order valence-electron chi connectivity index (χ1n) is 13.1. The van der Waals surface area contributed by atoms with Gasteiger partial charge in [0.05, 0.1) is 35.8 Å². The van der Waals surface area contributed by atoms with Crippen LogP contribution in [0.2, 0.25) is 0 Å². The number of carbonyl (C=O) groups excluding carboxylic acids is 3. The second-order valence-electron chi connectivity index (χ2n) is 10.7. The zero-order chi connectivity index (χ0) is 25.5. The number of thioether (sulfide) groups is 1. The first-order chi connectivity index (χ1) is 16.7. The normalized spacial score (nSPS) is 35.3. The Hall–Kier alpha value is -1.06. The van der Waals surface area contributed by atoms with Crippen LogP contribution >= 0.6 is 27.7 Å². The standard InChI is InChI=1S/C26H39BrN2O5S/c1-5-12-28(16-10-8-7-9-11-16)24(32)22-26-13-17(27)21(35-26)19(25(33)34-6-2)20(26)23(31)29(22)18(14-30)15(3)4/h5,15-22,30H,1,6-14H2,2-4H3/t17?,18-,19-,20-,21-,22?,26?/m0/s1. The summed E-state index contributed by atoms with van der Waals surface area (Å²) in [5.41, 5.74) is 0. The van der Waals surface area contributed by atoms with E-state index in [0.717, 1.165) is 25.7 Å². The second-order valence-corrected chi connectivity index (χ2v) is 13.4. The molecule has 0 aromatic heterocycles. The monoisotopic (exact) mass is 570 g/mol. The molecule has 7 nitrogen and oxygen atoms in total. The van der Waals surface area contributed by atoms with E-state index in [9.17, 15) is 19.5 Å². The fraction of sp³-hybridized carbons (Fsp3) is 0.808. The Kier molecular flexibility index (Phi) is 8.28. The van der Waals surface area contributed by atoms with Gasteiger partial charge in [-0.2, -0.15) is 0 Å². The lowest BCUT2D eigenvalue weighted by atomic mass is 9.71. The van der Waals surface area contributed by atoms with E-state index in [-0.39, 0.29) is 53.0 Å². The number of esters is 1. The van der Waals surface area contributed by atoms with E-state index in [1.165, 1.54) is 6.42 Å². The highest BCUT2D eigenvalue weighted by Crippen LogP contribution is 2.68. The highest BCUT2D eigenvalue weighted by molar-refractivity contribution is 9.09. The van der Waals surface area contributed by atoms with Gasteiger partial charge in [-0.3, -0.25) is 14.4 Å². The van der Waals surface area contributed by atoms with Crippen molar-refractivity contribution in [3.63, 3.8) is 0 Å². The van der Waals surface area contributed by atoms with Gasteiger partial charge in [-0.25, -0.2) is 0 Å². The van der Waals surface area contributed by atoms with Crippen molar-refractivity contribution in [2.45, 2.75) is 92.2 Å². The van der Waals surface area contributed by atoms with Gasteiger partial charge in [0.15, 0.2) is 0 Å². The molecule has 9 heteroatoms. The third kappa shape index (κ3) is 4.37. The molecule has 7 atom stereocenters. The van der Waals surface area contributed by atoms with Crippen molar-refractivity contribution < 1.29 is 24.2 Å². The Balaban J connectivity index is 1.80. The first-order valence-corrected chi connectivity index (χ1v) is 14.9. The Morgan fingerprint density at radius 1 is 1.34 bits per heavy atom. The van der Waals surface area contributed by atoms with Gasteiger partial charge in [0.25, 0.3) is 0 Å². The number of ether oxygens (including phenoxy) is 1. The summed E-state index contributed by atoms with van der Waals surface area (Å²) in [5.74, 6) is -1.87. The number of amides is 2. The van der Waals surface area contributed by atoms with E-state index < -0.39 is 28.7 Å². The van der Waals surface area contributed by atoms with E-state index in [0.29, 0.717) is 13.0 Å². The Morgan fingerprint density at radius 2 is 2.03 bits per heavy atom. The van der Waals surface area contributed by atoms with Crippen LogP contribution in [0.3, 0.4) is 0 Å². The van der Waals surface area contributed by atoms with E-state index >= 15 is 0 Å². The molecule has 1 aliphatic carbocycles. The van der Waals surface area contributed by atoms with Crippen molar-refractivity contribution in [2.75, 3.05) is 19.8 Å². The maximum atomic E-state index is 14.5. The molecule has 196 valence electrons. The predicted molar refractivity (Wildman–Crippen MR) is 140 cm³/mol. The topological polar surface area (TPSA) is 87.2 Å². The van der Waals surface area contributed by atoms with E-state index in [1.54, 1.807) is 29.7 Å². The maximum absolute atomic E-state index is 14.5. The van der Waals surface area contributed by atoms with E-state index in [4.69, 9.17) is 4.74 Å². The highest BCUT2D eigenvalue weighted by Gasteiger charge is 2.76. The third-order valence-corrected chi connectivity index (χ3v) is 11.7. The predicted octanol–water partition coefficient (Wildman–Crippen LogP) is 3.38. The summed E-state index contributed by atoms with van der Waals surface area (Å²) in [4.78, 5) is 45.4. The summed E-state index contributed by atoms with van der Waals surface area (Å²) >= 11 is 5.40. The molecule has 1 N–H and O–H groups in total. The van der Waals surface area contributed by atoms with Crippen LogP contribution in [0.1, 0.15) is 59.3 Å². The minimum atomic E-state index is -0.726. The van der Waals surface area contributed by atoms with Gasteiger partial charge in [-0.15, -0.1) is 18.3 Å². The minimum Gasteiger partial charge on any atom is -0.466 e. The number of hydrogen-bond acceptors (Lipinski definition) is 6. The minimum absolute atomic E-state index is 0.00960. The number of aliphatic hydroxyl groups is 1. The number of carbonyl (C=O) groups is 3. The van der Waals surface area contributed by atoms with Gasteiger partial charge in [0, 0.05) is 22.7 Å². The van der Waals surface area contributed by atoms with Crippen LogP contribution in [-0.2, 0) is 19.1 Å². The number of rotatable bonds is 9. The lowest BCUT2D eigenvalue weighted by molar-refractivity contribution is -0.154. The molecular formula is C26H39BrN2O5S. The maximum Gasteiger partial charge on any atom is 0.310 e. The zero-order valence-electron chi connectivity index (χ0n) is 21.0. The van der Waals surface area contributed by atoms with Crippen LogP contribution in [0, 0.1) is 17.8 Å². The number of alkyl halides is 1. The molecule has 1 saturated carbocycles. The summed E-state index contributed by atoms with van der Waals surface area (Å²) in [5, 5.41) is 10.2. The Morgan fingerprint density at radius 3 is 2.60 bits per heavy atom. The number of fused-ring (bicyclic) bond motifs is 1. The molecule has 2 amide bonds. The summed E-state index contributed by atoms with van der Waals surface area (Å²) in [6.07, 6.45) is 7.65. The summed E-state index contributed by atoms with van der Waals surface area (Å²) in [6.45, 7) is 10.1. The van der Waals surface area contributed by atoms with Gasteiger partial charge in [-0.1, -0.05) is 55.1 Å². The summed E-state index contributed by atoms with van der Waals surface area (Å²) < 4.78 is 4.70. The number of hydrogen-bond donors (Lipinski definition) is 1. The van der Waals surface area contributed by atoms with Gasteiger partial charge in [0.1, 0.15) is 6.04 Å². The highest BCUT2D eigenvalue weighted by atomic mass is 79.9. The van der Waals surface area contributed by atoms with Gasteiger partial charge in [-0.05, 0) is 32.1 Å². The molecule has 3 heterocycles. The van der Waals surface area contributed by atoms with Crippen LogP contribution in [0.25, 0.3) is 0 Å². The third-order valence-electron chi connectivity index (χ3n) is 8.46. The molecule has 3 aliphatic heterocycles. The quantitative estimate of drug-likeness (QED) is 0.260. The molecule has 3 unspecified atom stereocenters. The number of aliphatic hydroxyl groups excluding tert-OH is 1. The average molecular weight is 572 g/mol. The molecule has 2 bridgehead atoms. The molecule has 4 rings (SSSR count). The number of nitrogens with zero attached hydrogens (tertiary/aromatic N) is 2.